The van der Waals surface area contributed by atoms with E-state index in [9.17, 15) is 10.0 Å². The Morgan fingerprint density at radius 2 is 1.14 bits per heavy atom. The molecule has 0 fully saturated rings. The van der Waals surface area contributed by atoms with Gasteiger partial charge in [0, 0.05) is 5.56 Å². The fourth-order valence-electron chi connectivity index (χ4n) is 3.46. The molecule has 4 aromatic carbocycles. The predicted molar refractivity (Wildman–Crippen MR) is 115 cm³/mol. The van der Waals surface area contributed by atoms with Crippen LogP contribution in [0.2, 0.25) is 0 Å². The highest BCUT2D eigenvalue weighted by atomic mass is 16.5. The van der Waals surface area contributed by atoms with Crippen molar-refractivity contribution in [1.82, 2.24) is 5.06 Å². The van der Waals surface area contributed by atoms with E-state index in [1.165, 1.54) is 0 Å². The number of nitrogens with zero attached hydrogens (tertiary/aromatic N) is 1. The van der Waals surface area contributed by atoms with Gasteiger partial charge in [0.15, 0.2) is 0 Å². The Morgan fingerprint density at radius 3 is 1.83 bits per heavy atom. The van der Waals surface area contributed by atoms with Crippen molar-refractivity contribution >= 4 is 5.91 Å². The van der Waals surface area contributed by atoms with Gasteiger partial charge in [-0.25, -0.2) is 5.06 Å². The molecule has 0 aliphatic carbocycles. The molecule has 0 bridgehead atoms. The third-order valence-corrected chi connectivity index (χ3v) is 4.87. The van der Waals surface area contributed by atoms with Crippen LogP contribution in [-0.4, -0.2) is 16.2 Å². The molecule has 142 valence electrons. The van der Waals surface area contributed by atoms with Crippen LogP contribution in [0.5, 0.6) is 0 Å². The van der Waals surface area contributed by atoms with Gasteiger partial charge in [-0.1, -0.05) is 103 Å². The molecule has 4 aromatic rings. The number of hydrogen-bond acceptors (Lipinski definition) is 2. The number of carbonyl (C=O) groups is 1. The minimum Gasteiger partial charge on any atom is -0.285 e. The standard InChI is InChI=1S/C26H21NO2/c28-26(27(29)19-20-11-3-1-4-12-20)25-18-10-9-17-24(25)23-16-8-7-15-22(23)21-13-5-2-6-14-21/h1-18,29H,19H2. The number of carbonyl (C=O) groups excluding carboxylic acids is 1. The molecule has 0 aliphatic rings. The lowest BCUT2D eigenvalue weighted by molar-refractivity contribution is -0.0647. The minimum absolute atomic E-state index is 0.133. The van der Waals surface area contributed by atoms with Gasteiger partial charge in [0.05, 0.1) is 6.54 Å². The van der Waals surface area contributed by atoms with E-state index in [2.05, 4.69) is 12.1 Å². The van der Waals surface area contributed by atoms with Crippen molar-refractivity contribution in [3.05, 3.63) is 120 Å². The zero-order valence-corrected chi connectivity index (χ0v) is 15.9. The summed E-state index contributed by atoms with van der Waals surface area (Å²) in [6, 6.07) is 34.9. The highest BCUT2D eigenvalue weighted by Crippen LogP contribution is 2.34. The molecule has 1 amide bonds. The second kappa shape index (κ2) is 8.55. The topological polar surface area (TPSA) is 40.5 Å². The van der Waals surface area contributed by atoms with E-state index < -0.39 is 5.91 Å². The summed E-state index contributed by atoms with van der Waals surface area (Å²) in [7, 11) is 0. The molecule has 4 rings (SSSR count). The van der Waals surface area contributed by atoms with E-state index in [1.807, 2.05) is 91.0 Å². The first kappa shape index (κ1) is 18.7. The lowest BCUT2D eigenvalue weighted by Gasteiger charge is -2.18. The summed E-state index contributed by atoms with van der Waals surface area (Å²) in [5, 5.41) is 11.2. The summed E-state index contributed by atoms with van der Waals surface area (Å²) in [5.41, 5.74) is 5.20. The van der Waals surface area contributed by atoms with Gasteiger partial charge in [0.2, 0.25) is 0 Å². The van der Waals surface area contributed by atoms with Crippen molar-refractivity contribution in [2.45, 2.75) is 6.54 Å². The molecule has 0 atom stereocenters. The fourth-order valence-corrected chi connectivity index (χ4v) is 3.46. The molecule has 0 aliphatic heterocycles. The summed E-state index contributed by atoms with van der Waals surface area (Å²) >= 11 is 0. The smallest absolute Gasteiger partial charge is 0.278 e. The van der Waals surface area contributed by atoms with Crippen molar-refractivity contribution < 1.29 is 10.0 Å². The summed E-state index contributed by atoms with van der Waals surface area (Å²) in [4.78, 5) is 13.1. The molecule has 0 radical (unpaired) electrons. The largest absolute Gasteiger partial charge is 0.285 e. The summed E-state index contributed by atoms with van der Waals surface area (Å²) in [5.74, 6) is -0.424. The first-order valence-corrected chi connectivity index (χ1v) is 9.52. The van der Waals surface area contributed by atoms with Crippen LogP contribution in [0.3, 0.4) is 0 Å². The average molecular weight is 379 g/mol. The highest BCUT2D eigenvalue weighted by molar-refractivity contribution is 6.02. The maximum absolute atomic E-state index is 13.1. The van der Waals surface area contributed by atoms with E-state index >= 15 is 0 Å². The molecular formula is C26H21NO2. The number of amides is 1. The van der Waals surface area contributed by atoms with Crippen molar-refractivity contribution in [3.63, 3.8) is 0 Å². The predicted octanol–water partition coefficient (Wildman–Crippen LogP) is 6.05. The quantitative estimate of drug-likeness (QED) is 0.339. The van der Waals surface area contributed by atoms with Gasteiger partial charge in [-0.15, -0.1) is 0 Å². The van der Waals surface area contributed by atoms with E-state index in [0.717, 1.165) is 32.9 Å². The summed E-state index contributed by atoms with van der Waals surface area (Å²) in [6.07, 6.45) is 0. The number of rotatable bonds is 5. The molecule has 0 unspecified atom stereocenters. The molecule has 0 saturated carbocycles. The Bertz CT molecular complexity index is 1110. The normalized spacial score (nSPS) is 10.5. The van der Waals surface area contributed by atoms with Crippen LogP contribution in [0.4, 0.5) is 0 Å². The Hall–Kier alpha value is -3.69. The second-order valence-corrected chi connectivity index (χ2v) is 6.81. The Kier molecular flexibility index (Phi) is 5.50. The second-order valence-electron chi connectivity index (χ2n) is 6.81. The molecule has 29 heavy (non-hydrogen) atoms. The lowest BCUT2D eigenvalue weighted by atomic mass is 9.91. The number of benzene rings is 4. The average Bonchev–Trinajstić information content (AvgIpc) is 2.80. The fraction of sp³-hybridized carbons (Fsp3) is 0.0385. The zero-order chi connectivity index (χ0) is 20.1. The van der Waals surface area contributed by atoms with E-state index in [4.69, 9.17) is 0 Å². The van der Waals surface area contributed by atoms with Crippen molar-refractivity contribution in [2.75, 3.05) is 0 Å². The van der Waals surface area contributed by atoms with Gasteiger partial charge in [-0.3, -0.25) is 10.0 Å². The van der Waals surface area contributed by atoms with Gasteiger partial charge >= 0.3 is 0 Å². The van der Waals surface area contributed by atoms with Crippen LogP contribution >= 0.6 is 0 Å². The molecule has 0 saturated heterocycles. The molecule has 3 nitrogen and oxygen atoms in total. The SMILES string of the molecule is O=C(c1ccccc1-c1ccccc1-c1ccccc1)N(O)Cc1ccccc1. The molecule has 0 heterocycles. The van der Waals surface area contributed by atoms with Gasteiger partial charge in [-0.2, -0.15) is 0 Å². The summed E-state index contributed by atoms with van der Waals surface area (Å²) < 4.78 is 0. The van der Waals surface area contributed by atoms with Gasteiger partial charge in [0.1, 0.15) is 0 Å². The number of hydroxylamine groups is 2. The molecular weight excluding hydrogens is 358 g/mol. The highest BCUT2D eigenvalue weighted by Gasteiger charge is 2.19. The van der Waals surface area contributed by atoms with Crippen molar-refractivity contribution in [3.8, 4) is 22.3 Å². The summed E-state index contributed by atoms with van der Waals surface area (Å²) in [6.45, 7) is 0.133. The van der Waals surface area contributed by atoms with Crippen LogP contribution in [0, 0.1) is 0 Å². The van der Waals surface area contributed by atoms with Crippen LogP contribution in [0.1, 0.15) is 15.9 Å². The molecule has 0 aromatic heterocycles. The first-order valence-electron chi connectivity index (χ1n) is 9.52. The first-order chi connectivity index (χ1) is 14.2. The number of hydrogen-bond donors (Lipinski definition) is 1. The maximum Gasteiger partial charge on any atom is 0.278 e. The van der Waals surface area contributed by atoms with E-state index in [0.29, 0.717) is 5.56 Å². The third kappa shape index (κ3) is 4.10. The Morgan fingerprint density at radius 1 is 0.621 bits per heavy atom. The van der Waals surface area contributed by atoms with Crippen LogP contribution in [-0.2, 0) is 6.54 Å². The molecule has 1 N–H and O–H groups in total. The minimum atomic E-state index is -0.424. The van der Waals surface area contributed by atoms with Crippen molar-refractivity contribution in [2.24, 2.45) is 0 Å². The van der Waals surface area contributed by atoms with Gasteiger partial charge < -0.3 is 0 Å². The van der Waals surface area contributed by atoms with Crippen LogP contribution in [0.15, 0.2) is 109 Å². The van der Waals surface area contributed by atoms with Crippen LogP contribution < -0.4 is 0 Å². The molecule has 0 spiro atoms. The van der Waals surface area contributed by atoms with E-state index in [1.54, 1.807) is 6.07 Å². The Labute approximate surface area is 170 Å². The van der Waals surface area contributed by atoms with Gasteiger partial charge in [0.25, 0.3) is 5.91 Å². The Balaban J connectivity index is 1.72. The third-order valence-electron chi connectivity index (χ3n) is 4.87. The van der Waals surface area contributed by atoms with Crippen molar-refractivity contribution in [1.29, 1.82) is 0 Å². The van der Waals surface area contributed by atoms with Gasteiger partial charge in [-0.05, 0) is 33.9 Å². The van der Waals surface area contributed by atoms with E-state index in [-0.39, 0.29) is 6.54 Å². The maximum atomic E-state index is 13.1. The zero-order valence-electron chi connectivity index (χ0n) is 15.9. The molecule has 3 heteroatoms. The lowest BCUT2D eigenvalue weighted by Crippen LogP contribution is -2.27. The monoisotopic (exact) mass is 379 g/mol. The van der Waals surface area contributed by atoms with Crippen LogP contribution in [0.25, 0.3) is 22.3 Å².